The van der Waals surface area contributed by atoms with Gasteiger partial charge in [0.25, 0.3) is 5.92 Å². The Labute approximate surface area is 82.3 Å². The van der Waals surface area contributed by atoms with Gasteiger partial charge in [0, 0.05) is 19.0 Å². The minimum absolute atomic E-state index is 0.124. The van der Waals surface area contributed by atoms with Crippen LogP contribution in [0, 0.1) is 11.8 Å². The van der Waals surface area contributed by atoms with Crippen LogP contribution in [0.25, 0.3) is 0 Å². The Morgan fingerprint density at radius 1 is 1.43 bits per heavy atom. The van der Waals surface area contributed by atoms with Crippen LogP contribution in [0.1, 0.15) is 26.7 Å². The van der Waals surface area contributed by atoms with Crippen LogP contribution >= 0.6 is 0 Å². The average Bonchev–Trinajstić information content (AvgIpc) is 2.61. The molecule has 0 aromatic carbocycles. The molecule has 0 bridgehead atoms. The fraction of sp³-hybridized carbons (Fsp3) is 0.900. The molecule has 3 unspecified atom stereocenters. The summed E-state index contributed by atoms with van der Waals surface area (Å²) in [7, 11) is 0. The van der Waals surface area contributed by atoms with E-state index in [4.69, 9.17) is 0 Å². The van der Waals surface area contributed by atoms with Gasteiger partial charge in [-0.25, -0.2) is 8.78 Å². The van der Waals surface area contributed by atoms with Crippen molar-refractivity contribution in [2.45, 2.75) is 38.7 Å². The number of hydrogen-bond donors (Lipinski definition) is 0. The van der Waals surface area contributed by atoms with Crippen molar-refractivity contribution >= 4 is 5.91 Å². The molecule has 80 valence electrons. The smallest absolute Gasteiger partial charge is 0.260 e. The van der Waals surface area contributed by atoms with Gasteiger partial charge in [0.05, 0.1) is 0 Å². The molecular formula is C10H15F2NO. The van der Waals surface area contributed by atoms with E-state index in [0.29, 0.717) is 12.5 Å². The zero-order valence-electron chi connectivity index (χ0n) is 8.46. The van der Waals surface area contributed by atoms with Gasteiger partial charge in [0.2, 0.25) is 5.91 Å². The number of alkyl halides is 2. The Morgan fingerprint density at radius 3 is 2.36 bits per heavy atom. The summed E-state index contributed by atoms with van der Waals surface area (Å²) in [5.41, 5.74) is 0. The van der Waals surface area contributed by atoms with Gasteiger partial charge in [0.1, 0.15) is 5.92 Å². The molecule has 1 aliphatic heterocycles. The molecule has 1 heterocycles. The molecule has 2 nitrogen and oxygen atoms in total. The summed E-state index contributed by atoms with van der Waals surface area (Å²) in [6.45, 7) is 4.65. The minimum atomic E-state index is -2.72. The SMILES string of the molecule is CC1CCN(C(=O)C2CC2(F)F)C1C. The molecule has 2 fully saturated rings. The quantitative estimate of drug-likeness (QED) is 0.637. The topological polar surface area (TPSA) is 20.3 Å². The summed E-state index contributed by atoms with van der Waals surface area (Å²) < 4.78 is 25.4. The molecule has 1 saturated carbocycles. The van der Waals surface area contributed by atoms with Crippen molar-refractivity contribution in [1.82, 2.24) is 4.90 Å². The van der Waals surface area contributed by atoms with E-state index in [0.717, 1.165) is 6.42 Å². The lowest BCUT2D eigenvalue weighted by molar-refractivity contribution is -0.135. The highest BCUT2D eigenvalue weighted by atomic mass is 19.3. The molecule has 3 atom stereocenters. The van der Waals surface area contributed by atoms with Gasteiger partial charge in [-0.1, -0.05) is 6.92 Å². The second kappa shape index (κ2) is 2.91. The zero-order valence-corrected chi connectivity index (χ0v) is 8.46. The van der Waals surface area contributed by atoms with E-state index in [1.54, 1.807) is 4.90 Å². The molecule has 2 rings (SSSR count). The first kappa shape index (κ1) is 9.87. The molecule has 4 heteroatoms. The van der Waals surface area contributed by atoms with Crippen LogP contribution in [-0.4, -0.2) is 29.3 Å². The van der Waals surface area contributed by atoms with Gasteiger partial charge in [-0.3, -0.25) is 4.79 Å². The van der Waals surface area contributed by atoms with Gasteiger partial charge < -0.3 is 4.90 Å². The van der Waals surface area contributed by atoms with Gasteiger partial charge in [-0.05, 0) is 19.3 Å². The van der Waals surface area contributed by atoms with Crippen molar-refractivity contribution in [1.29, 1.82) is 0 Å². The van der Waals surface area contributed by atoms with Gasteiger partial charge in [0.15, 0.2) is 0 Å². The van der Waals surface area contributed by atoms with Crippen LogP contribution in [0.2, 0.25) is 0 Å². The normalized spacial score (nSPS) is 40.0. The summed E-state index contributed by atoms with van der Waals surface area (Å²) in [4.78, 5) is 13.2. The maximum atomic E-state index is 12.7. The van der Waals surface area contributed by atoms with Crippen LogP contribution in [-0.2, 0) is 4.79 Å². The third-order valence-corrected chi connectivity index (χ3v) is 3.55. The molecule has 0 aromatic rings. The minimum Gasteiger partial charge on any atom is -0.339 e. The summed E-state index contributed by atoms with van der Waals surface area (Å²) >= 11 is 0. The molecule has 14 heavy (non-hydrogen) atoms. The van der Waals surface area contributed by atoms with E-state index in [-0.39, 0.29) is 18.4 Å². The molecule has 1 amide bonds. The Bertz CT molecular complexity index is 267. The maximum absolute atomic E-state index is 12.7. The highest BCUT2D eigenvalue weighted by Crippen LogP contribution is 2.50. The van der Waals surface area contributed by atoms with Crippen molar-refractivity contribution in [3.63, 3.8) is 0 Å². The lowest BCUT2D eigenvalue weighted by Crippen LogP contribution is -2.37. The zero-order chi connectivity index (χ0) is 10.5. The summed E-state index contributed by atoms with van der Waals surface area (Å²) in [6.07, 6.45) is 0.689. The number of rotatable bonds is 1. The van der Waals surface area contributed by atoms with Gasteiger partial charge >= 0.3 is 0 Å². The van der Waals surface area contributed by atoms with E-state index in [1.165, 1.54) is 0 Å². The van der Waals surface area contributed by atoms with Crippen LogP contribution in [0.15, 0.2) is 0 Å². The summed E-state index contributed by atoms with van der Waals surface area (Å²) in [5, 5.41) is 0. The van der Waals surface area contributed by atoms with Crippen LogP contribution in [0.4, 0.5) is 8.78 Å². The predicted octanol–water partition coefficient (Wildman–Crippen LogP) is 1.90. The molecule has 1 aliphatic carbocycles. The molecule has 0 spiro atoms. The first-order chi connectivity index (χ1) is 6.43. The van der Waals surface area contributed by atoms with Crippen LogP contribution < -0.4 is 0 Å². The number of carbonyl (C=O) groups is 1. The Balaban J connectivity index is 2.00. The number of likely N-dealkylation sites (tertiary alicyclic amines) is 1. The summed E-state index contributed by atoms with van der Waals surface area (Å²) in [6, 6.07) is 0.124. The largest absolute Gasteiger partial charge is 0.339 e. The molecule has 0 radical (unpaired) electrons. The Kier molecular flexibility index (Phi) is 2.05. The van der Waals surface area contributed by atoms with Crippen molar-refractivity contribution in [2.24, 2.45) is 11.8 Å². The Hall–Kier alpha value is -0.670. The average molecular weight is 203 g/mol. The van der Waals surface area contributed by atoms with Crippen molar-refractivity contribution in [2.75, 3.05) is 6.54 Å². The van der Waals surface area contributed by atoms with Crippen LogP contribution in [0.5, 0.6) is 0 Å². The van der Waals surface area contributed by atoms with E-state index in [9.17, 15) is 13.6 Å². The fourth-order valence-corrected chi connectivity index (χ4v) is 2.09. The molecule has 0 aromatic heterocycles. The second-order valence-electron chi connectivity index (χ2n) is 4.56. The van der Waals surface area contributed by atoms with Gasteiger partial charge in [-0.15, -0.1) is 0 Å². The molecule has 1 saturated heterocycles. The monoisotopic (exact) mass is 203 g/mol. The molecule has 0 N–H and O–H groups in total. The predicted molar refractivity (Wildman–Crippen MR) is 48.0 cm³/mol. The van der Waals surface area contributed by atoms with E-state index >= 15 is 0 Å². The number of nitrogens with zero attached hydrogens (tertiary/aromatic N) is 1. The highest BCUT2D eigenvalue weighted by molar-refractivity contribution is 5.83. The third kappa shape index (κ3) is 1.41. The fourth-order valence-electron chi connectivity index (χ4n) is 2.09. The number of amides is 1. The number of halogens is 2. The van der Waals surface area contributed by atoms with Crippen molar-refractivity contribution in [3.05, 3.63) is 0 Å². The van der Waals surface area contributed by atoms with Gasteiger partial charge in [-0.2, -0.15) is 0 Å². The van der Waals surface area contributed by atoms with E-state index < -0.39 is 11.8 Å². The second-order valence-corrected chi connectivity index (χ2v) is 4.56. The highest BCUT2D eigenvalue weighted by Gasteiger charge is 2.62. The van der Waals surface area contributed by atoms with E-state index in [1.807, 2.05) is 6.92 Å². The first-order valence-corrected chi connectivity index (χ1v) is 5.12. The molecule has 2 aliphatic rings. The lowest BCUT2D eigenvalue weighted by atomic mass is 10.1. The molecular weight excluding hydrogens is 188 g/mol. The first-order valence-electron chi connectivity index (χ1n) is 5.12. The maximum Gasteiger partial charge on any atom is 0.260 e. The van der Waals surface area contributed by atoms with Crippen molar-refractivity contribution in [3.8, 4) is 0 Å². The van der Waals surface area contributed by atoms with Crippen LogP contribution in [0.3, 0.4) is 0 Å². The van der Waals surface area contributed by atoms with E-state index in [2.05, 4.69) is 6.92 Å². The Morgan fingerprint density at radius 2 is 2.00 bits per heavy atom. The van der Waals surface area contributed by atoms with Crippen molar-refractivity contribution < 1.29 is 13.6 Å². The summed E-state index contributed by atoms with van der Waals surface area (Å²) in [5.74, 6) is -3.64. The number of hydrogen-bond acceptors (Lipinski definition) is 1. The lowest BCUT2D eigenvalue weighted by Gasteiger charge is -2.23. The third-order valence-electron chi connectivity index (χ3n) is 3.55. The number of carbonyl (C=O) groups excluding carboxylic acids is 1. The standard InChI is InChI=1S/C10H15F2NO/c1-6-3-4-13(7(6)2)9(14)8-5-10(8,11)12/h6-8H,3-5H2,1-2H3.